The first-order valence-electron chi connectivity index (χ1n) is 22.3. The first-order chi connectivity index (χ1) is 34.4. The molecule has 0 amide bonds. The maximum absolute atomic E-state index is 14.7. The number of benzene rings is 8. The van der Waals surface area contributed by atoms with Gasteiger partial charge < -0.3 is 4.57 Å². The summed E-state index contributed by atoms with van der Waals surface area (Å²) < 4.78 is 87.6. The molecule has 342 valence electrons. The van der Waals surface area contributed by atoms with E-state index < -0.39 is 29.0 Å². The molecule has 11 aromatic rings. The second kappa shape index (κ2) is 17.7. The van der Waals surface area contributed by atoms with Crippen molar-refractivity contribution in [1.82, 2.24) is 24.5 Å². The number of nitrogens with zero attached hydrogens (tertiary/aromatic N) is 6. The summed E-state index contributed by atoms with van der Waals surface area (Å²) in [5.74, 6) is 0.834. The van der Waals surface area contributed by atoms with E-state index >= 15 is 0 Å². The van der Waals surface area contributed by atoms with Crippen LogP contribution in [0.1, 0.15) is 16.7 Å². The summed E-state index contributed by atoms with van der Waals surface area (Å²) in [5, 5.41) is 12.0. The van der Waals surface area contributed by atoms with Gasteiger partial charge in [-0.1, -0.05) is 152 Å². The van der Waals surface area contributed by atoms with Crippen LogP contribution in [0.25, 0.3) is 106 Å². The topological polar surface area (TPSA) is 80.3 Å². The second-order valence-electron chi connectivity index (χ2n) is 16.8. The normalized spacial score (nSPS) is 11.8. The Hall–Kier alpha value is -9.21. The van der Waals surface area contributed by atoms with Gasteiger partial charge in [0, 0.05) is 44.2 Å². The number of hydrogen-bond donors (Lipinski definition) is 0. The lowest BCUT2D eigenvalue weighted by Crippen LogP contribution is -2.12. The second-order valence-corrected chi connectivity index (χ2v) is 16.8. The molecular weight excluding hydrogens is 907 g/mol. The first kappa shape index (κ1) is 44.3. The molecule has 11 rings (SSSR count). The fraction of sp³-hybridized carbons (Fsp3) is 0.0339. The third-order valence-corrected chi connectivity index (χ3v) is 12.3. The van der Waals surface area contributed by atoms with Crippen molar-refractivity contribution in [2.45, 2.75) is 12.4 Å². The Morgan fingerprint density at radius 2 is 0.845 bits per heavy atom. The van der Waals surface area contributed by atoms with Crippen molar-refractivity contribution < 1.29 is 26.3 Å². The van der Waals surface area contributed by atoms with Crippen LogP contribution in [0.15, 0.2) is 206 Å². The zero-order chi connectivity index (χ0) is 48.9. The molecule has 0 saturated carbocycles. The van der Waals surface area contributed by atoms with Crippen LogP contribution in [-0.4, -0.2) is 24.5 Å². The third-order valence-electron chi connectivity index (χ3n) is 12.3. The van der Waals surface area contributed by atoms with Crippen LogP contribution in [-0.2, 0) is 12.4 Å². The summed E-state index contributed by atoms with van der Waals surface area (Å²) in [7, 11) is 0. The quantitative estimate of drug-likeness (QED) is 0.142. The smallest absolute Gasteiger partial charge is 0.308 e. The number of halogens is 6. The van der Waals surface area contributed by atoms with E-state index in [-0.39, 0.29) is 17.2 Å². The summed E-state index contributed by atoms with van der Waals surface area (Å²) in [6, 6.07) is 61.7. The van der Waals surface area contributed by atoms with Gasteiger partial charge in [-0.05, 0) is 65.7 Å². The highest BCUT2D eigenvalue weighted by Gasteiger charge is 2.38. The van der Waals surface area contributed by atoms with Crippen molar-refractivity contribution in [3.8, 4) is 90.7 Å². The highest BCUT2D eigenvalue weighted by Crippen LogP contribution is 2.46. The highest BCUT2D eigenvalue weighted by molar-refractivity contribution is 6.12. The average molecular weight is 941 g/mol. The van der Waals surface area contributed by atoms with Crippen molar-refractivity contribution in [1.29, 1.82) is 5.26 Å². The monoisotopic (exact) mass is 940 g/mol. The fourth-order valence-electron chi connectivity index (χ4n) is 9.04. The van der Waals surface area contributed by atoms with Gasteiger partial charge in [0.1, 0.15) is 0 Å². The highest BCUT2D eigenvalue weighted by atomic mass is 19.4. The number of alkyl halides is 6. The van der Waals surface area contributed by atoms with Crippen molar-refractivity contribution in [2.75, 3.05) is 0 Å². The van der Waals surface area contributed by atoms with E-state index in [0.29, 0.717) is 79.1 Å². The number of rotatable bonds is 8. The number of hydrogen-bond acceptors (Lipinski definition) is 5. The Morgan fingerprint density at radius 3 is 1.34 bits per heavy atom. The zero-order valence-electron chi connectivity index (χ0n) is 37.1. The zero-order valence-corrected chi connectivity index (χ0v) is 37.1. The molecule has 0 radical (unpaired) electrons. The summed E-state index contributed by atoms with van der Waals surface area (Å²) in [5.41, 5.74) is 5.07. The van der Waals surface area contributed by atoms with Gasteiger partial charge in [0.2, 0.25) is 0 Å². The molecular formula is C59H34F6N6. The Bertz CT molecular complexity index is 3580. The number of fused-ring (bicyclic) bond motifs is 3. The molecule has 3 heterocycles. The number of aromatic nitrogens is 5. The predicted molar refractivity (Wildman–Crippen MR) is 265 cm³/mol. The molecule has 0 spiro atoms. The van der Waals surface area contributed by atoms with E-state index in [1.807, 2.05) is 162 Å². The lowest BCUT2D eigenvalue weighted by atomic mass is 9.95. The summed E-state index contributed by atoms with van der Waals surface area (Å²) in [6.07, 6.45) is -10.1. The molecule has 3 aromatic heterocycles. The molecule has 0 N–H and O–H groups in total. The summed E-state index contributed by atoms with van der Waals surface area (Å²) in [6.45, 7) is 0. The molecule has 0 atom stereocenters. The Balaban J connectivity index is 1.26. The van der Waals surface area contributed by atoms with Crippen molar-refractivity contribution in [3.05, 3.63) is 223 Å². The SMILES string of the molecule is N#Cc1cc(-c2cc(-c3ccccc3)nc(-c3ccccc3)n2)c(-n2c3ccccc3c3cc(-c4ccc(C(F)(F)F)cc4C(F)(F)F)ccc32)c(-c2cc(-c3ccccc3)nc(-c3ccccc3)n2)c1. The van der Waals surface area contributed by atoms with Crippen LogP contribution in [0.3, 0.4) is 0 Å². The van der Waals surface area contributed by atoms with Gasteiger partial charge in [0.05, 0.1) is 62.3 Å². The van der Waals surface area contributed by atoms with Crippen molar-refractivity contribution >= 4 is 21.8 Å². The average Bonchev–Trinajstić information content (AvgIpc) is 3.73. The molecule has 0 unspecified atom stereocenters. The molecule has 0 fully saturated rings. The van der Waals surface area contributed by atoms with Crippen LogP contribution >= 0.6 is 0 Å². The van der Waals surface area contributed by atoms with Crippen LogP contribution in [0.4, 0.5) is 26.3 Å². The van der Waals surface area contributed by atoms with Crippen LogP contribution in [0, 0.1) is 11.3 Å². The van der Waals surface area contributed by atoms with Gasteiger partial charge in [-0.3, -0.25) is 0 Å². The molecule has 0 bridgehead atoms. The van der Waals surface area contributed by atoms with Gasteiger partial charge >= 0.3 is 12.4 Å². The largest absolute Gasteiger partial charge is 0.417 e. The minimum atomic E-state index is -5.10. The summed E-state index contributed by atoms with van der Waals surface area (Å²) >= 11 is 0. The van der Waals surface area contributed by atoms with E-state index in [1.165, 1.54) is 6.07 Å². The van der Waals surface area contributed by atoms with Crippen LogP contribution in [0.2, 0.25) is 0 Å². The maximum Gasteiger partial charge on any atom is 0.417 e. The Kier molecular flexibility index (Phi) is 11.0. The first-order valence-corrected chi connectivity index (χ1v) is 22.3. The minimum absolute atomic E-state index is 0.0633. The van der Waals surface area contributed by atoms with E-state index in [4.69, 9.17) is 19.9 Å². The Labute approximate surface area is 402 Å². The molecule has 0 saturated heterocycles. The van der Waals surface area contributed by atoms with Gasteiger partial charge in [-0.2, -0.15) is 31.6 Å². The third kappa shape index (κ3) is 8.44. The van der Waals surface area contributed by atoms with Crippen LogP contribution < -0.4 is 0 Å². The molecule has 71 heavy (non-hydrogen) atoms. The van der Waals surface area contributed by atoms with Crippen molar-refractivity contribution in [2.24, 2.45) is 0 Å². The van der Waals surface area contributed by atoms with Gasteiger partial charge in [-0.25, -0.2) is 19.9 Å². The van der Waals surface area contributed by atoms with E-state index in [1.54, 1.807) is 24.3 Å². The van der Waals surface area contributed by atoms with E-state index in [9.17, 15) is 31.6 Å². The number of para-hydroxylation sites is 1. The number of nitriles is 1. The molecule has 12 heteroatoms. The Morgan fingerprint density at radius 1 is 0.380 bits per heavy atom. The van der Waals surface area contributed by atoms with Crippen LogP contribution in [0.5, 0.6) is 0 Å². The molecule has 6 nitrogen and oxygen atoms in total. The fourth-order valence-corrected chi connectivity index (χ4v) is 9.04. The maximum atomic E-state index is 14.7. The van der Waals surface area contributed by atoms with E-state index in [0.717, 1.165) is 28.3 Å². The molecule has 0 aliphatic carbocycles. The summed E-state index contributed by atoms with van der Waals surface area (Å²) in [4.78, 5) is 20.5. The molecule has 0 aliphatic rings. The van der Waals surface area contributed by atoms with Gasteiger partial charge in [0.25, 0.3) is 0 Å². The molecule has 0 aliphatic heterocycles. The van der Waals surface area contributed by atoms with Crippen molar-refractivity contribution in [3.63, 3.8) is 0 Å². The van der Waals surface area contributed by atoms with E-state index in [2.05, 4.69) is 6.07 Å². The predicted octanol–water partition coefficient (Wildman–Crippen LogP) is 15.9. The molecule has 8 aromatic carbocycles. The van der Waals surface area contributed by atoms with Gasteiger partial charge in [0.15, 0.2) is 11.6 Å². The lowest BCUT2D eigenvalue weighted by Gasteiger charge is -2.20. The standard InChI is InChI=1S/C59H34F6N6/c60-58(61,62)42-26-27-43(48(32-42)59(63,64)65)41-25-28-54-45(31-41)44-23-13-14-24-53(44)71(54)55-46(51-33-49(37-15-5-1-6-16-37)67-56(69-51)39-19-9-3-10-20-39)29-36(35-66)30-47(55)52-34-50(38-17-7-2-8-18-38)68-57(70-52)40-21-11-4-12-22-40/h1-34H. The minimum Gasteiger partial charge on any atom is -0.308 e. The lowest BCUT2D eigenvalue weighted by molar-refractivity contribution is -0.142. The van der Waals surface area contributed by atoms with Gasteiger partial charge in [-0.15, -0.1) is 0 Å².